The van der Waals surface area contributed by atoms with Gasteiger partial charge in [-0.3, -0.25) is 4.79 Å². The second-order valence-electron chi connectivity index (χ2n) is 4.77. The van der Waals surface area contributed by atoms with Crippen molar-refractivity contribution in [2.45, 2.75) is 0 Å². The van der Waals surface area contributed by atoms with E-state index in [4.69, 9.17) is 9.47 Å². The summed E-state index contributed by atoms with van der Waals surface area (Å²) in [5.74, 6) is 0.160. The van der Waals surface area contributed by atoms with Gasteiger partial charge in [-0.15, -0.1) is 0 Å². The van der Waals surface area contributed by atoms with E-state index < -0.39 is 5.97 Å². The van der Waals surface area contributed by atoms with Crippen LogP contribution in [0, 0.1) is 0 Å². The standard InChI is InChI=1S/C18H13NO4/c1-22-17-14-8-5-9-15(16(14)13(11-20)10-19-17)23-18(21)12-6-3-2-4-7-12/h2-11H,1H3. The number of pyridine rings is 1. The number of methoxy groups -OCH3 is 1. The Kier molecular flexibility index (Phi) is 4.01. The number of carbonyl (C=O) groups excluding carboxylic acids is 2. The fourth-order valence-corrected chi connectivity index (χ4v) is 2.34. The van der Waals surface area contributed by atoms with Crippen LogP contribution in [-0.2, 0) is 0 Å². The van der Waals surface area contributed by atoms with Gasteiger partial charge in [0.1, 0.15) is 5.75 Å². The van der Waals surface area contributed by atoms with Gasteiger partial charge in [-0.2, -0.15) is 0 Å². The van der Waals surface area contributed by atoms with E-state index in [-0.39, 0.29) is 0 Å². The molecule has 3 aromatic rings. The first kappa shape index (κ1) is 14.7. The molecule has 114 valence electrons. The highest BCUT2D eigenvalue weighted by molar-refractivity contribution is 6.05. The quantitative estimate of drug-likeness (QED) is 0.420. The maximum atomic E-state index is 12.3. The number of esters is 1. The second kappa shape index (κ2) is 6.27. The van der Waals surface area contributed by atoms with Crippen LogP contribution in [0.15, 0.2) is 54.7 Å². The van der Waals surface area contributed by atoms with Crippen LogP contribution < -0.4 is 9.47 Å². The third-order valence-electron chi connectivity index (χ3n) is 3.40. The average molecular weight is 307 g/mol. The summed E-state index contributed by atoms with van der Waals surface area (Å²) >= 11 is 0. The van der Waals surface area contributed by atoms with Crippen LogP contribution in [0.1, 0.15) is 20.7 Å². The van der Waals surface area contributed by atoms with Gasteiger partial charge in [0, 0.05) is 22.5 Å². The largest absolute Gasteiger partial charge is 0.481 e. The monoisotopic (exact) mass is 307 g/mol. The fourth-order valence-electron chi connectivity index (χ4n) is 2.34. The molecule has 0 fully saturated rings. The zero-order chi connectivity index (χ0) is 16.2. The Labute approximate surface area is 132 Å². The number of nitrogens with zero attached hydrogens (tertiary/aromatic N) is 1. The van der Waals surface area contributed by atoms with Crippen molar-refractivity contribution in [3.63, 3.8) is 0 Å². The first-order valence-corrected chi connectivity index (χ1v) is 6.92. The SMILES string of the molecule is COc1ncc(C=O)c2c(OC(=O)c3ccccc3)cccc12. The molecule has 23 heavy (non-hydrogen) atoms. The van der Waals surface area contributed by atoms with Gasteiger partial charge in [-0.05, 0) is 24.3 Å². The third kappa shape index (κ3) is 2.76. The highest BCUT2D eigenvalue weighted by Crippen LogP contribution is 2.33. The van der Waals surface area contributed by atoms with Crippen LogP contribution in [0.2, 0.25) is 0 Å². The van der Waals surface area contributed by atoms with E-state index in [0.717, 1.165) is 0 Å². The van der Waals surface area contributed by atoms with Gasteiger partial charge in [0.05, 0.1) is 12.7 Å². The van der Waals surface area contributed by atoms with E-state index >= 15 is 0 Å². The lowest BCUT2D eigenvalue weighted by Gasteiger charge is -2.11. The molecule has 0 aliphatic rings. The Hall–Kier alpha value is -3.21. The van der Waals surface area contributed by atoms with Crippen molar-refractivity contribution in [3.8, 4) is 11.6 Å². The smallest absolute Gasteiger partial charge is 0.343 e. The average Bonchev–Trinajstić information content (AvgIpc) is 2.61. The van der Waals surface area contributed by atoms with E-state index in [1.807, 2.05) is 6.07 Å². The molecule has 0 bridgehead atoms. The summed E-state index contributed by atoms with van der Waals surface area (Å²) in [7, 11) is 1.49. The predicted molar refractivity (Wildman–Crippen MR) is 85.1 cm³/mol. The van der Waals surface area contributed by atoms with Gasteiger partial charge in [-0.25, -0.2) is 9.78 Å². The molecule has 0 atom stereocenters. The van der Waals surface area contributed by atoms with Crippen molar-refractivity contribution < 1.29 is 19.1 Å². The summed E-state index contributed by atoms with van der Waals surface area (Å²) < 4.78 is 10.7. The van der Waals surface area contributed by atoms with Gasteiger partial charge >= 0.3 is 5.97 Å². The van der Waals surface area contributed by atoms with E-state index in [1.54, 1.807) is 42.5 Å². The Balaban J connectivity index is 2.11. The first-order chi connectivity index (χ1) is 11.2. The normalized spacial score (nSPS) is 10.3. The van der Waals surface area contributed by atoms with E-state index in [1.165, 1.54) is 13.3 Å². The fraction of sp³-hybridized carbons (Fsp3) is 0.0556. The Morgan fingerprint density at radius 1 is 1.09 bits per heavy atom. The van der Waals surface area contributed by atoms with E-state index in [0.29, 0.717) is 39.8 Å². The van der Waals surface area contributed by atoms with Crippen LogP contribution >= 0.6 is 0 Å². The lowest BCUT2D eigenvalue weighted by Crippen LogP contribution is -2.09. The van der Waals surface area contributed by atoms with E-state index in [9.17, 15) is 9.59 Å². The van der Waals surface area contributed by atoms with Crippen LogP contribution in [0.25, 0.3) is 10.8 Å². The molecule has 1 heterocycles. The molecular formula is C18H13NO4. The third-order valence-corrected chi connectivity index (χ3v) is 3.40. The molecule has 0 N–H and O–H groups in total. The van der Waals surface area contributed by atoms with Crippen LogP contribution in [0.3, 0.4) is 0 Å². The lowest BCUT2D eigenvalue weighted by molar-refractivity contribution is 0.0736. The lowest BCUT2D eigenvalue weighted by atomic mass is 10.1. The molecule has 2 aromatic carbocycles. The van der Waals surface area contributed by atoms with Gasteiger partial charge in [-0.1, -0.05) is 24.3 Å². The van der Waals surface area contributed by atoms with Crippen molar-refractivity contribution in [1.82, 2.24) is 4.98 Å². The Bertz CT molecular complexity index is 875. The molecule has 3 rings (SSSR count). The summed E-state index contributed by atoms with van der Waals surface area (Å²) in [6, 6.07) is 13.8. The molecule has 0 saturated heterocycles. The zero-order valence-electron chi connectivity index (χ0n) is 12.4. The number of rotatable bonds is 4. The van der Waals surface area contributed by atoms with Crippen molar-refractivity contribution in [2.75, 3.05) is 7.11 Å². The zero-order valence-corrected chi connectivity index (χ0v) is 12.4. The van der Waals surface area contributed by atoms with Gasteiger partial charge in [0.2, 0.25) is 5.88 Å². The first-order valence-electron chi connectivity index (χ1n) is 6.92. The number of carbonyl (C=O) groups is 2. The number of hydrogen-bond acceptors (Lipinski definition) is 5. The summed E-state index contributed by atoms with van der Waals surface area (Å²) in [4.78, 5) is 27.6. The van der Waals surface area contributed by atoms with Gasteiger partial charge in [0.15, 0.2) is 6.29 Å². The number of hydrogen-bond donors (Lipinski definition) is 0. The van der Waals surface area contributed by atoms with Gasteiger partial charge in [0.25, 0.3) is 0 Å². The van der Waals surface area contributed by atoms with Crippen molar-refractivity contribution >= 4 is 23.0 Å². The maximum absolute atomic E-state index is 12.3. The predicted octanol–water partition coefficient (Wildman–Crippen LogP) is 3.28. The Morgan fingerprint density at radius 3 is 2.57 bits per heavy atom. The summed E-state index contributed by atoms with van der Waals surface area (Å²) in [6.45, 7) is 0. The summed E-state index contributed by atoms with van der Waals surface area (Å²) in [6.07, 6.45) is 2.07. The molecule has 0 amide bonds. The van der Waals surface area contributed by atoms with E-state index in [2.05, 4.69) is 4.98 Å². The molecule has 1 aromatic heterocycles. The molecule has 0 unspecified atom stereocenters. The van der Waals surface area contributed by atoms with Crippen molar-refractivity contribution in [1.29, 1.82) is 0 Å². The molecule has 5 heteroatoms. The number of benzene rings is 2. The molecule has 0 aliphatic heterocycles. The molecule has 0 aliphatic carbocycles. The number of aldehydes is 1. The van der Waals surface area contributed by atoms with Crippen LogP contribution in [-0.4, -0.2) is 24.3 Å². The summed E-state index contributed by atoms with van der Waals surface area (Å²) in [5, 5.41) is 1.11. The number of ether oxygens (including phenoxy) is 2. The molecule has 0 radical (unpaired) electrons. The molecular weight excluding hydrogens is 294 g/mol. The highest BCUT2D eigenvalue weighted by atomic mass is 16.5. The minimum Gasteiger partial charge on any atom is -0.481 e. The highest BCUT2D eigenvalue weighted by Gasteiger charge is 2.15. The number of aromatic nitrogens is 1. The van der Waals surface area contributed by atoms with Crippen molar-refractivity contribution in [3.05, 3.63) is 65.9 Å². The van der Waals surface area contributed by atoms with Gasteiger partial charge < -0.3 is 9.47 Å². The van der Waals surface area contributed by atoms with Crippen LogP contribution in [0.5, 0.6) is 11.6 Å². The number of fused-ring (bicyclic) bond motifs is 1. The molecule has 0 saturated carbocycles. The summed E-state index contributed by atoms with van der Waals surface area (Å²) in [5.41, 5.74) is 0.760. The molecule has 5 nitrogen and oxygen atoms in total. The maximum Gasteiger partial charge on any atom is 0.343 e. The van der Waals surface area contributed by atoms with Crippen LogP contribution in [0.4, 0.5) is 0 Å². The minimum absolute atomic E-state index is 0.291. The van der Waals surface area contributed by atoms with Crippen molar-refractivity contribution in [2.24, 2.45) is 0 Å². The molecule has 0 spiro atoms. The Morgan fingerprint density at radius 2 is 1.87 bits per heavy atom. The topological polar surface area (TPSA) is 65.5 Å². The second-order valence-corrected chi connectivity index (χ2v) is 4.77. The minimum atomic E-state index is -0.495.